The number of ether oxygens (including phenoxy) is 1. The smallest absolute Gasteiger partial charge is 0.260 e. The number of carbonyl (C=O) groups excluding carboxylic acids is 1. The average molecular weight is 389 g/mol. The van der Waals surface area contributed by atoms with Gasteiger partial charge in [0.1, 0.15) is 5.75 Å². The summed E-state index contributed by atoms with van der Waals surface area (Å²) in [5.74, 6) is 0.598. The zero-order chi connectivity index (χ0) is 18.6. The predicted molar refractivity (Wildman–Crippen MR) is 98.6 cm³/mol. The second-order valence-electron chi connectivity index (χ2n) is 6.34. The van der Waals surface area contributed by atoms with Crippen LogP contribution >= 0.6 is 11.6 Å². The third kappa shape index (κ3) is 5.59. The molecule has 2 rings (SSSR count). The fourth-order valence-electron chi connectivity index (χ4n) is 2.81. The summed E-state index contributed by atoms with van der Waals surface area (Å²) in [5.41, 5.74) is 1.82. The Hall–Kier alpha value is -1.31. The number of benzene rings is 1. The van der Waals surface area contributed by atoms with Crippen molar-refractivity contribution in [1.82, 2.24) is 9.62 Å². The minimum Gasteiger partial charge on any atom is -0.484 e. The molecule has 0 atom stereocenters. The Kier molecular flexibility index (Phi) is 6.71. The molecule has 140 valence electrons. The van der Waals surface area contributed by atoms with Crippen LogP contribution in [0.4, 0.5) is 0 Å². The molecule has 0 spiro atoms. The van der Waals surface area contributed by atoms with Crippen molar-refractivity contribution in [1.29, 1.82) is 0 Å². The van der Waals surface area contributed by atoms with Crippen molar-refractivity contribution >= 4 is 27.5 Å². The molecule has 1 saturated heterocycles. The molecule has 0 bridgehead atoms. The van der Waals surface area contributed by atoms with Crippen LogP contribution in [0.5, 0.6) is 5.75 Å². The molecule has 8 heteroatoms. The number of sulfonamides is 1. The third-order valence-corrected chi connectivity index (χ3v) is 6.39. The van der Waals surface area contributed by atoms with Crippen LogP contribution in [0.1, 0.15) is 30.9 Å². The van der Waals surface area contributed by atoms with E-state index in [-0.39, 0.29) is 24.3 Å². The average Bonchev–Trinajstić information content (AvgIpc) is 2.57. The molecule has 25 heavy (non-hydrogen) atoms. The molecule has 1 aromatic rings. The largest absolute Gasteiger partial charge is 0.484 e. The van der Waals surface area contributed by atoms with Crippen LogP contribution in [0.25, 0.3) is 0 Å². The first-order valence-corrected chi connectivity index (χ1v) is 10.4. The van der Waals surface area contributed by atoms with E-state index in [1.807, 2.05) is 26.0 Å². The number of rotatable bonds is 6. The number of hydrogen-bond donors (Lipinski definition) is 1. The maximum absolute atomic E-state index is 12.3. The van der Waals surface area contributed by atoms with Crippen LogP contribution in [-0.4, -0.2) is 50.7 Å². The van der Waals surface area contributed by atoms with Crippen LogP contribution in [0.3, 0.4) is 0 Å². The fraction of sp³-hybridized carbons (Fsp3) is 0.588. The van der Waals surface area contributed by atoms with E-state index in [4.69, 9.17) is 16.3 Å². The van der Waals surface area contributed by atoms with Gasteiger partial charge in [0.15, 0.2) is 6.61 Å². The summed E-state index contributed by atoms with van der Waals surface area (Å²) in [6.07, 6.45) is 1.23. The Labute approximate surface area is 154 Å². The third-order valence-electron chi connectivity index (χ3n) is 4.35. The number of carbonyl (C=O) groups is 1. The van der Waals surface area contributed by atoms with E-state index >= 15 is 0 Å². The maximum Gasteiger partial charge on any atom is 0.260 e. The molecule has 0 saturated carbocycles. The summed E-state index contributed by atoms with van der Waals surface area (Å²) in [5, 5.41) is 0.704. The van der Waals surface area contributed by atoms with Gasteiger partial charge >= 0.3 is 0 Å². The van der Waals surface area contributed by atoms with Crippen molar-refractivity contribution < 1.29 is 17.9 Å². The quantitative estimate of drug-likeness (QED) is 0.811. The lowest BCUT2D eigenvalue weighted by Gasteiger charge is -2.32. The highest BCUT2D eigenvalue weighted by atomic mass is 35.5. The second-order valence-corrected chi connectivity index (χ2v) is 8.76. The number of likely N-dealkylation sites (tertiary alicyclic amines) is 1. The summed E-state index contributed by atoms with van der Waals surface area (Å²) >= 11 is 6.12. The number of piperidine rings is 1. The molecule has 1 fully saturated rings. The van der Waals surface area contributed by atoms with Crippen LogP contribution < -0.4 is 9.46 Å². The Morgan fingerprint density at radius 1 is 1.28 bits per heavy atom. The van der Waals surface area contributed by atoms with Gasteiger partial charge in [-0.15, -0.1) is 0 Å². The minimum atomic E-state index is -3.20. The van der Waals surface area contributed by atoms with Gasteiger partial charge in [-0.1, -0.05) is 11.6 Å². The van der Waals surface area contributed by atoms with Crippen molar-refractivity contribution in [3.8, 4) is 5.75 Å². The molecule has 0 radical (unpaired) electrons. The monoisotopic (exact) mass is 388 g/mol. The van der Waals surface area contributed by atoms with E-state index in [9.17, 15) is 13.2 Å². The molecule has 1 N–H and O–H groups in total. The lowest BCUT2D eigenvalue weighted by molar-refractivity contribution is -0.134. The molecule has 0 aromatic heterocycles. The lowest BCUT2D eigenvalue weighted by Crippen LogP contribution is -2.47. The van der Waals surface area contributed by atoms with Crippen LogP contribution in [0, 0.1) is 13.8 Å². The molecule has 0 aliphatic carbocycles. The van der Waals surface area contributed by atoms with E-state index < -0.39 is 10.0 Å². The van der Waals surface area contributed by atoms with Crippen LogP contribution in [0.2, 0.25) is 5.02 Å². The first-order valence-electron chi connectivity index (χ1n) is 8.39. The van der Waals surface area contributed by atoms with Gasteiger partial charge in [-0.2, -0.15) is 0 Å². The summed E-state index contributed by atoms with van der Waals surface area (Å²) in [6, 6.07) is 3.53. The van der Waals surface area contributed by atoms with E-state index in [2.05, 4.69) is 4.72 Å². The zero-order valence-electron chi connectivity index (χ0n) is 14.8. The molecule has 1 aliphatic heterocycles. The van der Waals surface area contributed by atoms with Gasteiger partial charge in [-0.25, -0.2) is 13.1 Å². The van der Waals surface area contributed by atoms with Crippen molar-refractivity contribution in [2.75, 3.05) is 25.4 Å². The van der Waals surface area contributed by atoms with Gasteiger partial charge in [0.2, 0.25) is 10.0 Å². The Balaban J connectivity index is 1.83. The number of hydrogen-bond acceptors (Lipinski definition) is 4. The van der Waals surface area contributed by atoms with E-state index in [1.165, 1.54) is 0 Å². The lowest BCUT2D eigenvalue weighted by atomic mass is 10.1. The molecule has 1 aliphatic rings. The second kappa shape index (κ2) is 8.38. The van der Waals surface area contributed by atoms with Gasteiger partial charge in [0.25, 0.3) is 5.91 Å². The van der Waals surface area contributed by atoms with Crippen molar-refractivity contribution in [2.45, 2.75) is 39.7 Å². The topological polar surface area (TPSA) is 75.7 Å². The highest BCUT2D eigenvalue weighted by Gasteiger charge is 2.25. The molecule has 0 unspecified atom stereocenters. The predicted octanol–water partition coefficient (Wildman–Crippen LogP) is 2.27. The number of aryl methyl sites for hydroxylation is 2. The first kappa shape index (κ1) is 20.0. The highest BCUT2D eigenvalue weighted by molar-refractivity contribution is 7.89. The highest BCUT2D eigenvalue weighted by Crippen LogP contribution is 2.26. The molecule has 6 nitrogen and oxygen atoms in total. The summed E-state index contributed by atoms with van der Waals surface area (Å²) in [6.45, 7) is 6.41. The van der Waals surface area contributed by atoms with Gasteiger partial charge < -0.3 is 9.64 Å². The van der Waals surface area contributed by atoms with Crippen LogP contribution in [0.15, 0.2) is 12.1 Å². The Morgan fingerprint density at radius 3 is 2.36 bits per heavy atom. The molecule has 1 amide bonds. The van der Waals surface area contributed by atoms with E-state index in [0.29, 0.717) is 36.7 Å². The number of halogens is 1. The van der Waals surface area contributed by atoms with Gasteiger partial charge in [-0.05, 0) is 56.9 Å². The summed E-state index contributed by atoms with van der Waals surface area (Å²) in [4.78, 5) is 14.0. The van der Waals surface area contributed by atoms with Crippen molar-refractivity contribution in [3.63, 3.8) is 0 Å². The number of nitrogens with zero attached hydrogens (tertiary/aromatic N) is 1. The standard InChI is InChI=1S/C17H25ClN2O4S/c1-4-25(22,23)19-14-5-7-20(8-6-14)16(21)11-24-15-9-12(2)17(18)13(3)10-15/h9-10,14,19H,4-8,11H2,1-3H3. The molecular weight excluding hydrogens is 364 g/mol. The Bertz CT molecular complexity index is 705. The fourth-order valence-corrected chi connectivity index (χ4v) is 3.83. The molecule has 1 heterocycles. The van der Waals surface area contributed by atoms with Gasteiger partial charge in [0.05, 0.1) is 5.75 Å². The first-order chi connectivity index (χ1) is 11.7. The van der Waals surface area contributed by atoms with Gasteiger partial charge in [0, 0.05) is 24.2 Å². The van der Waals surface area contributed by atoms with E-state index in [0.717, 1.165) is 11.1 Å². The number of nitrogens with one attached hydrogen (secondary N) is 1. The summed E-state index contributed by atoms with van der Waals surface area (Å²) in [7, 11) is -3.20. The summed E-state index contributed by atoms with van der Waals surface area (Å²) < 4.78 is 31.5. The minimum absolute atomic E-state index is 0.0358. The van der Waals surface area contributed by atoms with Crippen molar-refractivity contribution in [2.24, 2.45) is 0 Å². The normalized spacial score (nSPS) is 16.1. The van der Waals surface area contributed by atoms with Gasteiger partial charge in [-0.3, -0.25) is 4.79 Å². The van der Waals surface area contributed by atoms with Crippen molar-refractivity contribution in [3.05, 3.63) is 28.3 Å². The zero-order valence-corrected chi connectivity index (χ0v) is 16.4. The van der Waals surface area contributed by atoms with E-state index in [1.54, 1.807) is 11.8 Å². The SMILES string of the molecule is CCS(=O)(=O)NC1CCN(C(=O)COc2cc(C)c(Cl)c(C)c2)CC1. The Morgan fingerprint density at radius 2 is 1.84 bits per heavy atom. The molecule has 1 aromatic carbocycles. The maximum atomic E-state index is 12.3. The molecular formula is C17H25ClN2O4S. The van der Waals surface area contributed by atoms with Crippen LogP contribution in [-0.2, 0) is 14.8 Å². The number of amides is 1.